The van der Waals surface area contributed by atoms with E-state index < -0.39 is 10.0 Å². The second-order valence-corrected chi connectivity index (χ2v) is 9.82. The number of hydrogen-bond donors (Lipinski definition) is 0. The Bertz CT molecular complexity index is 971. The molecule has 156 valence electrons. The minimum Gasteiger partial charge on any atom is -0.337 e. The standard InChI is InChI=1S/C22H29N3O3S/c1-17-10-12-19(13-11-17)24(4)29(27,28)21-9-5-7-18(15-21)22(26)25-14-6-8-20(16-25)23(2)3/h5,7,9-13,15,20H,6,8,14,16H2,1-4H3. The predicted molar refractivity (Wildman–Crippen MR) is 116 cm³/mol. The molecule has 0 N–H and O–H groups in total. The maximum Gasteiger partial charge on any atom is 0.264 e. The molecule has 2 aromatic carbocycles. The van der Waals surface area contributed by atoms with Gasteiger partial charge in [-0.2, -0.15) is 0 Å². The van der Waals surface area contributed by atoms with Crippen molar-refractivity contribution in [2.75, 3.05) is 38.5 Å². The molecule has 1 amide bonds. The number of piperidine rings is 1. The van der Waals surface area contributed by atoms with E-state index in [1.54, 1.807) is 24.3 Å². The van der Waals surface area contributed by atoms with Gasteiger partial charge in [0.05, 0.1) is 10.6 Å². The minimum absolute atomic E-state index is 0.118. The number of rotatable bonds is 5. The van der Waals surface area contributed by atoms with Crippen LogP contribution in [0.15, 0.2) is 53.4 Å². The summed E-state index contributed by atoms with van der Waals surface area (Å²) < 4.78 is 27.5. The molecular formula is C22H29N3O3S. The van der Waals surface area contributed by atoms with Gasteiger partial charge in [-0.1, -0.05) is 23.8 Å². The van der Waals surface area contributed by atoms with Crippen LogP contribution in [0, 0.1) is 6.92 Å². The van der Waals surface area contributed by atoms with Crippen molar-refractivity contribution in [1.29, 1.82) is 0 Å². The molecule has 3 rings (SSSR count). The maximum atomic E-state index is 13.1. The molecule has 1 aliphatic rings. The van der Waals surface area contributed by atoms with Crippen molar-refractivity contribution in [1.82, 2.24) is 9.80 Å². The molecule has 7 heteroatoms. The summed E-state index contributed by atoms with van der Waals surface area (Å²) in [5, 5.41) is 0. The number of likely N-dealkylation sites (tertiary alicyclic amines) is 1. The zero-order valence-electron chi connectivity index (χ0n) is 17.5. The molecule has 6 nitrogen and oxygen atoms in total. The maximum absolute atomic E-state index is 13.1. The van der Waals surface area contributed by atoms with Crippen molar-refractivity contribution in [3.63, 3.8) is 0 Å². The average molecular weight is 416 g/mol. The summed E-state index contributed by atoms with van der Waals surface area (Å²) in [6.45, 7) is 3.31. The fourth-order valence-corrected chi connectivity index (χ4v) is 4.83. The van der Waals surface area contributed by atoms with Crippen molar-refractivity contribution in [2.24, 2.45) is 0 Å². The van der Waals surface area contributed by atoms with Crippen LogP contribution < -0.4 is 4.31 Å². The van der Waals surface area contributed by atoms with Crippen molar-refractivity contribution in [3.05, 3.63) is 59.7 Å². The lowest BCUT2D eigenvalue weighted by atomic mass is 10.0. The van der Waals surface area contributed by atoms with Gasteiger partial charge in [-0.05, 0) is 64.2 Å². The lowest BCUT2D eigenvalue weighted by Crippen LogP contribution is -2.47. The van der Waals surface area contributed by atoms with Crippen LogP contribution in [0.25, 0.3) is 0 Å². The van der Waals surface area contributed by atoms with Gasteiger partial charge in [0, 0.05) is 31.7 Å². The Balaban J connectivity index is 1.84. The molecule has 0 bridgehead atoms. The number of nitrogens with zero attached hydrogens (tertiary/aromatic N) is 3. The van der Waals surface area contributed by atoms with E-state index in [0.717, 1.165) is 18.4 Å². The minimum atomic E-state index is -3.76. The molecule has 1 atom stereocenters. The molecule has 0 spiro atoms. The topological polar surface area (TPSA) is 60.9 Å². The van der Waals surface area contributed by atoms with Crippen LogP contribution in [0.4, 0.5) is 5.69 Å². The van der Waals surface area contributed by atoms with Crippen molar-refractivity contribution >= 4 is 21.6 Å². The van der Waals surface area contributed by atoms with Crippen LogP contribution >= 0.6 is 0 Å². The normalized spacial score (nSPS) is 17.4. The number of likely N-dealkylation sites (N-methyl/N-ethyl adjacent to an activating group) is 1. The summed E-state index contributed by atoms with van der Waals surface area (Å²) >= 11 is 0. The van der Waals surface area contributed by atoms with E-state index in [1.807, 2.05) is 38.1 Å². The summed E-state index contributed by atoms with van der Waals surface area (Å²) in [7, 11) is 1.81. The molecular weight excluding hydrogens is 386 g/mol. The number of aryl methyl sites for hydroxylation is 1. The fraction of sp³-hybridized carbons (Fsp3) is 0.409. The molecule has 29 heavy (non-hydrogen) atoms. The molecule has 1 heterocycles. The SMILES string of the molecule is Cc1ccc(N(C)S(=O)(=O)c2cccc(C(=O)N3CCCC(N(C)C)C3)c2)cc1. The van der Waals surface area contributed by atoms with Gasteiger partial charge < -0.3 is 9.80 Å². The van der Waals surface area contributed by atoms with Gasteiger partial charge >= 0.3 is 0 Å². The summed E-state index contributed by atoms with van der Waals surface area (Å²) in [4.78, 5) is 17.1. The highest BCUT2D eigenvalue weighted by molar-refractivity contribution is 7.92. The van der Waals surface area contributed by atoms with E-state index >= 15 is 0 Å². The largest absolute Gasteiger partial charge is 0.337 e. The molecule has 1 unspecified atom stereocenters. The number of anilines is 1. The van der Waals surface area contributed by atoms with Crippen molar-refractivity contribution < 1.29 is 13.2 Å². The van der Waals surface area contributed by atoms with E-state index in [2.05, 4.69) is 4.90 Å². The summed E-state index contributed by atoms with van der Waals surface area (Å²) in [6, 6.07) is 14.0. The first-order valence-corrected chi connectivity index (χ1v) is 11.3. The fourth-order valence-electron chi connectivity index (χ4n) is 3.58. The Kier molecular flexibility index (Phi) is 6.29. The van der Waals surface area contributed by atoms with Gasteiger partial charge in [0.25, 0.3) is 15.9 Å². The van der Waals surface area contributed by atoms with Gasteiger partial charge in [-0.15, -0.1) is 0 Å². The first-order valence-electron chi connectivity index (χ1n) is 9.81. The molecule has 2 aromatic rings. The van der Waals surface area contributed by atoms with E-state index in [9.17, 15) is 13.2 Å². The Labute approximate surface area is 173 Å². The van der Waals surface area contributed by atoms with Gasteiger partial charge in [-0.3, -0.25) is 9.10 Å². The highest BCUT2D eigenvalue weighted by Crippen LogP contribution is 2.24. The Morgan fingerprint density at radius 2 is 1.76 bits per heavy atom. The van der Waals surface area contributed by atoms with Gasteiger partial charge in [0.15, 0.2) is 0 Å². The third kappa shape index (κ3) is 4.62. The van der Waals surface area contributed by atoms with Crippen LogP contribution in [0.3, 0.4) is 0 Å². The number of carbonyl (C=O) groups excluding carboxylic acids is 1. The third-order valence-corrected chi connectivity index (χ3v) is 7.33. The van der Waals surface area contributed by atoms with Crippen LogP contribution in [0.2, 0.25) is 0 Å². The lowest BCUT2D eigenvalue weighted by molar-refractivity contribution is 0.0635. The third-order valence-electron chi connectivity index (χ3n) is 5.55. The number of carbonyl (C=O) groups is 1. The van der Waals surface area contributed by atoms with Crippen molar-refractivity contribution in [3.8, 4) is 0 Å². The molecule has 1 saturated heterocycles. The summed E-state index contributed by atoms with van der Waals surface area (Å²) in [6.07, 6.45) is 2.01. The monoisotopic (exact) mass is 415 g/mol. The van der Waals surface area contributed by atoms with Crippen LogP contribution in [-0.2, 0) is 10.0 Å². The first-order chi connectivity index (χ1) is 13.7. The molecule has 0 saturated carbocycles. The molecule has 1 fully saturated rings. The van der Waals surface area contributed by atoms with Gasteiger partial charge in [0.2, 0.25) is 0 Å². The Morgan fingerprint density at radius 3 is 2.41 bits per heavy atom. The number of sulfonamides is 1. The van der Waals surface area contributed by atoms with E-state index in [-0.39, 0.29) is 10.8 Å². The Hall–Kier alpha value is -2.38. The van der Waals surface area contributed by atoms with Crippen molar-refractivity contribution in [2.45, 2.75) is 30.7 Å². The number of amides is 1. The van der Waals surface area contributed by atoms with Gasteiger partial charge in [0.1, 0.15) is 0 Å². The van der Waals surface area contributed by atoms with E-state index in [1.165, 1.54) is 23.5 Å². The summed E-state index contributed by atoms with van der Waals surface area (Å²) in [5.74, 6) is -0.119. The highest BCUT2D eigenvalue weighted by atomic mass is 32.2. The first kappa shape index (κ1) is 21.3. The molecule has 1 aliphatic heterocycles. The Morgan fingerprint density at radius 1 is 1.07 bits per heavy atom. The summed E-state index contributed by atoms with van der Waals surface area (Å²) in [5.41, 5.74) is 2.05. The average Bonchev–Trinajstić information content (AvgIpc) is 2.73. The predicted octanol–water partition coefficient (Wildman–Crippen LogP) is 2.99. The molecule has 0 radical (unpaired) electrons. The molecule has 0 aromatic heterocycles. The second kappa shape index (κ2) is 8.55. The quantitative estimate of drug-likeness (QED) is 0.753. The zero-order chi connectivity index (χ0) is 21.2. The number of hydrogen-bond acceptors (Lipinski definition) is 4. The van der Waals surface area contributed by atoms with Crippen LogP contribution in [0.5, 0.6) is 0 Å². The van der Waals surface area contributed by atoms with Crippen LogP contribution in [0.1, 0.15) is 28.8 Å². The highest BCUT2D eigenvalue weighted by Gasteiger charge is 2.27. The van der Waals surface area contributed by atoms with E-state index in [0.29, 0.717) is 30.4 Å². The zero-order valence-corrected chi connectivity index (χ0v) is 18.3. The number of benzene rings is 2. The second-order valence-electron chi connectivity index (χ2n) is 7.85. The smallest absolute Gasteiger partial charge is 0.264 e. The van der Waals surface area contributed by atoms with E-state index in [4.69, 9.17) is 0 Å². The van der Waals surface area contributed by atoms with Crippen LogP contribution in [-0.4, -0.2) is 64.4 Å². The lowest BCUT2D eigenvalue weighted by Gasteiger charge is -2.36. The van der Waals surface area contributed by atoms with Gasteiger partial charge in [-0.25, -0.2) is 8.42 Å². The molecule has 0 aliphatic carbocycles.